The summed E-state index contributed by atoms with van der Waals surface area (Å²) < 4.78 is 83.7. The van der Waals surface area contributed by atoms with Gasteiger partial charge in [-0.05, 0) is 94.2 Å². The van der Waals surface area contributed by atoms with Crippen LogP contribution in [0.2, 0.25) is 0 Å². The van der Waals surface area contributed by atoms with Crippen LogP contribution in [0.5, 0.6) is 0 Å². The molecule has 245 valence electrons. The van der Waals surface area contributed by atoms with Gasteiger partial charge in [-0.15, -0.1) is 53.6 Å². The van der Waals surface area contributed by atoms with Crippen LogP contribution in [0.15, 0.2) is 114 Å². The third-order valence-corrected chi connectivity index (χ3v) is 9.15. The molecule has 0 N–H and O–H groups in total. The summed E-state index contributed by atoms with van der Waals surface area (Å²) >= 11 is 0. The second-order valence-electron chi connectivity index (χ2n) is 12.3. The molecule has 0 unspecified atom stereocenters. The molecule has 0 spiro atoms. The van der Waals surface area contributed by atoms with Gasteiger partial charge in [0, 0.05) is 51.6 Å². The summed E-state index contributed by atoms with van der Waals surface area (Å²) in [6.45, 7) is -6.67. The Labute approximate surface area is 315 Å². The third-order valence-electron chi connectivity index (χ3n) is 9.15. The second-order valence-corrected chi connectivity index (χ2v) is 12.3. The van der Waals surface area contributed by atoms with Crippen molar-refractivity contribution in [3.63, 3.8) is 0 Å². The van der Waals surface area contributed by atoms with Crippen molar-refractivity contribution in [1.82, 2.24) is 9.97 Å². The average molecular weight is 825 g/mol. The summed E-state index contributed by atoms with van der Waals surface area (Å²) in [5, 5.41) is 6.62. The van der Waals surface area contributed by atoms with Gasteiger partial charge in [0.25, 0.3) is 0 Å². The maximum atomic E-state index is 9.23. The van der Waals surface area contributed by atoms with Crippen molar-refractivity contribution in [3.05, 3.63) is 144 Å². The Morgan fingerprint density at radius 1 is 0.714 bits per heavy atom. The van der Waals surface area contributed by atoms with E-state index in [4.69, 9.17) is 16.8 Å². The Bertz CT molecular complexity index is 2730. The van der Waals surface area contributed by atoms with Gasteiger partial charge in [0.1, 0.15) is 5.58 Å². The Kier molecular flexibility index (Phi) is 6.58. The number of aromatic nitrogens is 2. The van der Waals surface area contributed by atoms with Crippen LogP contribution in [0.4, 0.5) is 0 Å². The van der Waals surface area contributed by atoms with Crippen LogP contribution in [0, 0.1) is 32.7 Å². The van der Waals surface area contributed by atoms with Gasteiger partial charge in [0.2, 0.25) is 0 Å². The molecule has 3 aromatic heterocycles. The summed E-state index contributed by atoms with van der Waals surface area (Å²) in [6, 6.07) is 36.3. The molecule has 4 heteroatoms. The van der Waals surface area contributed by atoms with Crippen molar-refractivity contribution in [1.29, 1.82) is 0 Å². The van der Waals surface area contributed by atoms with Crippen molar-refractivity contribution in [2.24, 2.45) is 0 Å². The van der Waals surface area contributed by atoms with Gasteiger partial charge in [-0.2, -0.15) is 0 Å². The smallest absolute Gasteiger partial charge is 0.121 e. The number of hydrogen-bond acceptors (Lipinski definition) is 3. The molecule has 1 radical (unpaired) electrons. The number of fused-ring (bicyclic) bond motifs is 6. The van der Waals surface area contributed by atoms with E-state index in [0.717, 1.165) is 46.4 Å². The molecule has 0 amide bonds. The van der Waals surface area contributed by atoms with Crippen molar-refractivity contribution >= 4 is 43.5 Å². The van der Waals surface area contributed by atoms with E-state index in [9.17, 15) is 1.37 Å². The summed E-state index contributed by atoms with van der Waals surface area (Å²) in [5.41, 5.74) is 5.01. The topological polar surface area (TPSA) is 38.9 Å². The number of nitrogens with zero attached hydrogens (tertiary/aromatic N) is 2. The van der Waals surface area contributed by atoms with Crippen LogP contribution in [0.1, 0.15) is 74.0 Å². The first-order chi connectivity index (χ1) is 27.5. The molecule has 0 atom stereocenters. The van der Waals surface area contributed by atoms with Crippen LogP contribution in [-0.4, -0.2) is 9.97 Å². The van der Waals surface area contributed by atoms with Crippen LogP contribution >= 0.6 is 0 Å². The number of furan rings is 1. The van der Waals surface area contributed by atoms with Crippen molar-refractivity contribution in [3.8, 4) is 22.5 Å². The zero-order valence-electron chi connectivity index (χ0n) is 36.6. The SMILES string of the molecule is [2H]C([2H])([2H])c1c[c-]c(-c2ccc(C([2H])([2H])[2H])cn2)cc1.[2H]C([2H])([2H])c1cnc(-c2[c-]ccc3c2oc2cc4c(ccc5ccccc54)cc23)cc1C1([2H])CCCCC1.[Ir]. The largest absolute Gasteiger partial charge is 0.501 e. The maximum absolute atomic E-state index is 9.23. The molecule has 0 aliphatic heterocycles. The zero-order valence-corrected chi connectivity index (χ0v) is 29.0. The average Bonchev–Trinajstić information content (AvgIpc) is 3.57. The second kappa shape index (κ2) is 14.1. The van der Waals surface area contributed by atoms with E-state index in [1.807, 2.05) is 24.3 Å². The van der Waals surface area contributed by atoms with Crippen LogP contribution < -0.4 is 0 Å². The van der Waals surface area contributed by atoms with Gasteiger partial charge in [-0.3, -0.25) is 0 Å². The molecule has 1 saturated carbocycles. The molecule has 0 saturated heterocycles. The molecule has 1 fully saturated rings. The summed E-state index contributed by atoms with van der Waals surface area (Å²) in [7, 11) is 0. The van der Waals surface area contributed by atoms with E-state index in [1.54, 1.807) is 12.1 Å². The zero-order chi connectivity index (χ0) is 41.0. The minimum absolute atomic E-state index is 0. The van der Waals surface area contributed by atoms with E-state index in [1.165, 1.54) is 41.4 Å². The molecule has 3 heterocycles. The van der Waals surface area contributed by atoms with E-state index in [0.29, 0.717) is 46.5 Å². The fourth-order valence-electron chi connectivity index (χ4n) is 6.70. The van der Waals surface area contributed by atoms with Crippen LogP contribution in [0.3, 0.4) is 0 Å². The van der Waals surface area contributed by atoms with Crippen LogP contribution in [0.25, 0.3) is 66.0 Å². The van der Waals surface area contributed by atoms with Gasteiger partial charge in [0.15, 0.2) is 0 Å². The van der Waals surface area contributed by atoms with Crippen molar-refractivity contribution in [2.75, 3.05) is 0 Å². The number of rotatable bonds is 3. The molecule has 5 aromatic carbocycles. The van der Waals surface area contributed by atoms with Gasteiger partial charge < -0.3 is 14.4 Å². The molecule has 49 heavy (non-hydrogen) atoms. The van der Waals surface area contributed by atoms with Gasteiger partial charge in [0.05, 0.1) is 5.58 Å². The monoisotopic (exact) mass is 825 g/mol. The Balaban J connectivity index is 0.000000214. The van der Waals surface area contributed by atoms with Crippen LogP contribution in [-0.2, 0) is 20.1 Å². The number of hydrogen-bond donors (Lipinski definition) is 0. The quantitative estimate of drug-likeness (QED) is 0.132. The van der Waals surface area contributed by atoms with Gasteiger partial charge in [-0.25, -0.2) is 0 Å². The predicted octanol–water partition coefficient (Wildman–Crippen LogP) is 12.3. The van der Waals surface area contributed by atoms with Crippen molar-refractivity contribution in [2.45, 2.75) is 58.6 Å². The predicted molar refractivity (Wildman–Crippen MR) is 199 cm³/mol. The fourth-order valence-corrected chi connectivity index (χ4v) is 6.70. The molecule has 1 aliphatic rings. The van der Waals surface area contributed by atoms with E-state index in [-0.39, 0.29) is 36.8 Å². The molecule has 9 rings (SSSR count). The standard InChI is InChI=1S/C32H26NO.C13H12N.Ir/c1-20-19-33-30(17-27(20)21-8-3-2-4-9-21)26-13-7-12-25-29-16-23-15-14-22-10-5-6-11-24(22)28(23)18-31(29)34-32(25)26;1-10-3-6-12(7-4-10)13-8-5-11(2)9-14-13;/h5-7,10-12,14-19,21H,2-4,8-9H2,1H3;3-6,8-9H,1-2H3;/q2*-1;/i1D3,21D;1D3,2D3;. The number of aryl methyl sites for hydroxylation is 3. The fraction of sp³-hybridized carbons (Fsp3) is 0.200. The van der Waals surface area contributed by atoms with Gasteiger partial charge >= 0.3 is 0 Å². The van der Waals surface area contributed by atoms with E-state index in [2.05, 4.69) is 64.6 Å². The molecular weight excluding hydrogens is 777 g/mol. The first-order valence-electron chi connectivity index (χ1n) is 21.2. The number of benzene rings is 5. The normalized spacial score (nSPS) is 17.8. The van der Waals surface area contributed by atoms with E-state index < -0.39 is 26.4 Å². The molecule has 8 aromatic rings. The third kappa shape index (κ3) is 6.56. The molecule has 1 aliphatic carbocycles. The Morgan fingerprint density at radius 3 is 2.35 bits per heavy atom. The minimum Gasteiger partial charge on any atom is -0.501 e. The Morgan fingerprint density at radius 2 is 1.55 bits per heavy atom. The number of pyridine rings is 2. The molecule has 0 bridgehead atoms. The van der Waals surface area contributed by atoms with Crippen molar-refractivity contribution < 1.29 is 38.2 Å². The summed E-state index contributed by atoms with van der Waals surface area (Å²) in [6.07, 6.45) is 6.98. The first kappa shape index (κ1) is 22.9. The summed E-state index contributed by atoms with van der Waals surface area (Å²) in [4.78, 5) is 8.66. The Hall–Kier alpha value is -4.63. The first-order valence-corrected chi connectivity index (χ1v) is 16.2. The van der Waals surface area contributed by atoms with E-state index >= 15 is 0 Å². The molecule has 3 nitrogen and oxygen atoms in total. The van der Waals surface area contributed by atoms with Gasteiger partial charge in [-0.1, -0.05) is 91.7 Å². The molecular formula is C45H38IrN2O-2. The summed E-state index contributed by atoms with van der Waals surface area (Å²) in [5.74, 6) is -0.930. The maximum Gasteiger partial charge on any atom is 0.121 e. The minimum atomic E-state index is -2.33.